The second-order valence-corrected chi connectivity index (χ2v) is 6.41. The van der Waals surface area contributed by atoms with Gasteiger partial charge in [-0.25, -0.2) is 9.07 Å². The summed E-state index contributed by atoms with van der Waals surface area (Å²) >= 11 is 0. The largest absolute Gasteiger partial charge is 0.496 e. The van der Waals surface area contributed by atoms with Crippen molar-refractivity contribution in [2.45, 2.75) is 6.54 Å². The lowest BCUT2D eigenvalue weighted by Crippen LogP contribution is -2.24. The maximum Gasteiger partial charge on any atom is 0.274 e. The molecule has 0 atom stereocenters. The van der Waals surface area contributed by atoms with E-state index >= 15 is 0 Å². The first-order chi connectivity index (χ1) is 14.7. The summed E-state index contributed by atoms with van der Waals surface area (Å²) in [5, 5.41) is 11.1. The van der Waals surface area contributed by atoms with Gasteiger partial charge in [-0.3, -0.25) is 9.78 Å². The van der Waals surface area contributed by atoms with E-state index in [4.69, 9.17) is 4.74 Å². The lowest BCUT2D eigenvalue weighted by Gasteiger charge is -2.10. The molecule has 30 heavy (non-hydrogen) atoms. The van der Waals surface area contributed by atoms with Crippen LogP contribution in [-0.2, 0) is 6.54 Å². The van der Waals surface area contributed by atoms with E-state index in [-0.39, 0.29) is 24.0 Å². The van der Waals surface area contributed by atoms with Gasteiger partial charge in [-0.15, -0.1) is 5.10 Å². The average molecular weight is 403 g/mol. The molecule has 7 nitrogen and oxygen atoms in total. The SMILES string of the molecule is COc1ccccc1CNC(=O)c1nnn(-c2ccc(F)cc2)c1-c1ccncc1. The highest BCUT2D eigenvalue weighted by atomic mass is 19.1. The second kappa shape index (κ2) is 8.52. The highest BCUT2D eigenvalue weighted by molar-refractivity contribution is 5.98. The van der Waals surface area contributed by atoms with Crippen LogP contribution in [-0.4, -0.2) is 33.0 Å². The number of benzene rings is 2. The summed E-state index contributed by atoms with van der Waals surface area (Å²) in [7, 11) is 1.58. The number of ether oxygens (including phenoxy) is 1. The molecular weight excluding hydrogens is 385 g/mol. The van der Waals surface area contributed by atoms with Gasteiger partial charge in [0.25, 0.3) is 5.91 Å². The summed E-state index contributed by atoms with van der Waals surface area (Å²) in [6.45, 7) is 0.266. The first-order valence-corrected chi connectivity index (χ1v) is 9.19. The highest BCUT2D eigenvalue weighted by Gasteiger charge is 2.22. The van der Waals surface area contributed by atoms with Crippen molar-refractivity contribution in [2.24, 2.45) is 0 Å². The normalized spacial score (nSPS) is 10.6. The number of hydrogen-bond donors (Lipinski definition) is 1. The summed E-state index contributed by atoms with van der Waals surface area (Å²) < 4.78 is 20.2. The van der Waals surface area contributed by atoms with Gasteiger partial charge in [0.15, 0.2) is 5.69 Å². The third-order valence-electron chi connectivity index (χ3n) is 4.54. The lowest BCUT2D eigenvalue weighted by molar-refractivity contribution is 0.0946. The topological polar surface area (TPSA) is 81.9 Å². The number of halogens is 1. The highest BCUT2D eigenvalue weighted by Crippen LogP contribution is 2.25. The molecule has 1 amide bonds. The van der Waals surface area contributed by atoms with Gasteiger partial charge in [-0.2, -0.15) is 0 Å². The van der Waals surface area contributed by atoms with Crippen LogP contribution in [0.15, 0.2) is 73.1 Å². The quantitative estimate of drug-likeness (QED) is 0.534. The standard InChI is InChI=1S/C22H18FN5O2/c1-30-19-5-3-2-4-16(19)14-25-22(29)20-21(15-10-12-24-13-11-15)28(27-26-20)18-8-6-17(23)7-9-18/h2-13H,14H2,1H3,(H,25,29). The molecule has 0 saturated carbocycles. The second-order valence-electron chi connectivity index (χ2n) is 6.41. The molecule has 0 bridgehead atoms. The number of pyridine rings is 1. The van der Waals surface area contributed by atoms with E-state index in [0.717, 1.165) is 5.56 Å². The number of para-hydroxylation sites is 1. The number of methoxy groups -OCH3 is 1. The molecule has 0 radical (unpaired) electrons. The number of carbonyl (C=O) groups is 1. The molecule has 2 aromatic carbocycles. The van der Waals surface area contributed by atoms with Gasteiger partial charge in [-0.05, 0) is 42.5 Å². The first kappa shape index (κ1) is 19.3. The molecule has 0 saturated heterocycles. The zero-order chi connectivity index (χ0) is 20.9. The molecule has 4 rings (SSSR count). The number of rotatable bonds is 6. The Labute approximate surface area is 172 Å². The zero-order valence-electron chi connectivity index (χ0n) is 16.1. The minimum absolute atomic E-state index is 0.153. The predicted octanol–water partition coefficient (Wildman–Crippen LogP) is 3.41. The minimum atomic E-state index is -0.388. The average Bonchev–Trinajstić information content (AvgIpc) is 3.24. The summed E-state index contributed by atoms with van der Waals surface area (Å²) in [5.41, 5.74) is 2.77. The first-order valence-electron chi connectivity index (χ1n) is 9.19. The maximum absolute atomic E-state index is 13.4. The van der Waals surface area contributed by atoms with Crippen LogP contribution in [0.4, 0.5) is 4.39 Å². The minimum Gasteiger partial charge on any atom is -0.496 e. The fraction of sp³-hybridized carbons (Fsp3) is 0.0909. The smallest absolute Gasteiger partial charge is 0.274 e. The molecule has 0 unspecified atom stereocenters. The summed E-state index contributed by atoms with van der Waals surface area (Å²) in [6.07, 6.45) is 3.24. The van der Waals surface area contributed by atoms with Gasteiger partial charge < -0.3 is 10.1 Å². The fourth-order valence-electron chi connectivity index (χ4n) is 3.07. The van der Waals surface area contributed by atoms with Gasteiger partial charge in [0.05, 0.1) is 12.8 Å². The molecule has 0 aliphatic rings. The molecule has 8 heteroatoms. The Morgan fingerprint density at radius 3 is 2.53 bits per heavy atom. The van der Waals surface area contributed by atoms with E-state index in [1.807, 2.05) is 24.3 Å². The van der Waals surface area contributed by atoms with Crippen molar-refractivity contribution in [1.82, 2.24) is 25.3 Å². The Hall–Kier alpha value is -4.07. The van der Waals surface area contributed by atoms with Crippen molar-refractivity contribution >= 4 is 5.91 Å². The number of nitrogens with zero attached hydrogens (tertiary/aromatic N) is 4. The van der Waals surface area contributed by atoms with Gasteiger partial charge in [-0.1, -0.05) is 23.4 Å². The van der Waals surface area contributed by atoms with Crippen molar-refractivity contribution in [3.8, 4) is 22.7 Å². The molecule has 4 aromatic rings. The van der Waals surface area contributed by atoms with Gasteiger partial charge in [0.1, 0.15) is 17.3 Å². The Balaban J connectivity index is 1.69. The Morgan fingerprint density at radius 2 is 1.80 bits per heavy atom. The lowest BCUT2D eigenvalue weighted by atomic mass is 10.1. The predicted molar refractivity (Wildman–Crippen MR) is 109 cm³/mol. The Bertz CT molecular complexity index is 1160. The number of nitrogens with one attached hydrogen (secondary N) is 1. The molecular formula is C22H18FN5O2. The molecule has 0 aliphatic carbocycles. The number of aromatic nitrogens is 4. The molecule has 0 aliphatic heterocycles. The number of amides is 1. The number of carbonyl (C=O) groups excluding carboxylic acids is 1. The maximum atomic E-state index is 13.4. The van der Waals surface area contributed by atoms with E-state index in [2.05, 4.69) is 20.6 Å². The molecule has 1 N–H and O–H groups in total. The van der Waals surface area contributed by atoms with Crippen molar-refractivity contribution in [1.29, 1.82) is 0 Å². The summed E-state index contributed by atoms with van der Waals surface area (Å²) in [5.74, 6) is -0.0673. The molecule has 150 valence electrons. The molecule has 2 aromatic heterocycles. The van der Waals surface area contributed by atoms with Crippen LogP contribution in [0.2, 0.25) is 0 Å². The van der Waals surface area contributed by atoms with Crippen LogP contribution < -0.4 is 10.1 Å². The van der Waals surface area contributed by atoms with Gasteiger partial charge >= 0.3 is 0 Å². The van der Waals surface area contributed by atoms with E-state index < -0.39 is 0 Å². The van der Waals surface area contributed by atoms with Crippen LogP contribution in [0.5, 0.6) is 5.75 Å². The third kappa shape index (κ3) is 3.88. The van der Waals surface area contributed by atoms with E-state index in [1.165, 1.54) is 16.8 Å². The summed E-state index contributed by atoms with van der Waals surface area (Å²) in [4.78, 5) is 17.0. The van der Waals surface area contributed by atoms with Crippen LogP contribution >= 0.6 is 0 Å². The zero-order valence-corrected chi connectivity index (χ0v) is 16.1. The van der Waals surface area contributed by atoms with Crippen LogP contribution in [0.25, 0.3) is 16.9 Å². The number of hydrogen-bond acceptors (Lipinski definition) is 5. The summed E-state index contributed by atoms with van der Waals surface area (Å²) in [6, 6.07) is 16.8. The third-order valence-corrected chi connectivity index (χ3v) is 4.54. The van der Waals surface area contributed by atoms with Gasteiger partial charge in [0.2, 0.25) is 0 Å². The van der Waals surface area contributed by atoms with Crippen molar-refractivity contribution in [2.75, 3.05) is 7.11 Å². The van der Waals surface area contributed by atoms with Gasteiger partial charge in [0, 0.05) is 30.1 Å². The Morgan fingerprint density at radius 1 is 1.07 bits per heavy atom. The van der Waals surface area contributed by atoms with Crippen molar-refractivity contribution in [3.05, 3.63) is 90.1 Å². The Kier molecular flexibility index (Phi) is 5.47. The van der Waals surface area contributed by atoms with E-state index in [1.54, 1.807) is 43.8 Å². The fourth-order valence-corrected chi connectivity index (χ4v) is 3.07. The van der Waals surface area contributed by atoms with E-state index in [0.29, 0.717) is 22.7 Å². The van der Waals surface area contributed by atoms with Crippen LogP contribution in [0.3, 0.4) is 0 Å². The molecule has 0 spiro atoms. The van der Waals surface area contributed by atoms with Crippen LogP contribution in [0.1, 0.15) is 16.1 Å². The molecule has 0 fully saturated rings. The van der Waals surface area contributed by atoms with Crippen molar-refractivity contribution in [3.63, 3.8) is 0 Å². The molecule has 2 heterocycles. The van der Waals surface area contributed by atoms with E-state index in [9.17, 15) is 9.18 Å². The monoisotopic (exact) mass is 403 g/mol. The van der Waals surface area contributed by atoms with Crippen molar-refractivity contribution < 1.29 is 13.9 Å². The van der Waals surface area contributed by atoms with Crippen LogP contribution in [0, 0.1) is 5.82 Å².